The maximum absolute atomic E-state index is 5.12. The van der Waals surface area contributed by atoms with Crippen molar-refractivity contribution in [2.75, 3.05) is 19.1 Å². The van der Waals surface area contributed by atoms with Crippen LogP contribution in [0.3, 0.4) is 0 Å². The van der Waals surface area contributed by atoms with Gasteiger partial charge in [-0.05, 0) is 41.5 Å². The maximum Gasteiger partial charge on any atom is 0.112 e. The molecule has 22 heavy (non-hydrogen) atoms. The van der Waals surface area contributed by atoms with E-state index < -0.39 is 0 Å². The largest absolute Gasteiger partial charge is 0.497 e. The summed E-state index contributed by atoms with van der Waals surface area (Å²) in [6.45, 7) is 7.71. The predicted molar refractivity (Wildman–Crippen MR) is 95.3 cm³/mol. The van der Waals surface area contributed by atoms with Crippen molar-refractivity contribution >= 4 is 16.9 Å². The summed E-state index contributed by atoms with van der Waals surface area (Å²) in [7, 11) is 3.67. The molecule has 0 saturated carbocycles. The molecule has 2 nitrogen and oxygen atoms in total. The van der Waals surface area contributed by atoms with Crippen LogP contribution in [0, 0.1) is 0 Å². The molecule has 2 aromatic rings. The number of para-hydroxylation sites is 1. The number of rotatable bonds is 6. The summed E-state index contributed by atoms with van der Waals surface area (Å²) in [4.78, 5) is 2.15. The quantitative estimate of drug-likeness (QED) is 0.537. The van der Waals surface area contributed by atoms with E-state index in [1.807, 2.05) is 36.4 Å². The van der Waals surface area contributed by atoms with E-state index in [9.17, 15) is 0 Å². The molecular weight excluding hydrogens is 270 g/mol. The molecule has 2 aromatic carbocycles. The summed E-state index contributed by atoms with van der Waals surface area (Å²) in [5.74, 6) is 0.608. The van der Waals surface area contributed by atoms with E-state index in [1.54, 1.807) is 7.11 Å². The Bertz CT molecular complexity index is 686. The van der Waals surface area contributed by atoms with Crippen molar-refractivity contribution in [2.45, 2.75) is 0 Å². The third-order valence-corrected chi connectivity index (χ3v) is 3.51. The highest BCUT2D eigenvalue weighted by Gasteiger charge is 2.06. The lowest BCUT2D eigenvalue weighted by atomic mass is 10.0. The van der Waals surface area contributed by atoms with Crippen LogP contribution in [-0.4, -0.2) is 14.2 Å². The van der Waals surface area contributed by atoms with E-state index in [4.69, 9.17) is 4.74 Å². The normalized spacial score (nSPS) is 10.9. The Morgan fingerprint density at radius 2 is 1.73 bits per heavy atom. The van der Waals surface area contributed by atoms with Gasteiger partial charge in [0.15, 0.2) is 0 Å². The molecule has 0 aliphatic heterocycles. The van der Waals surface area contributed by atoms with Gasteiger partial charge in [-0.3, -0.25) is 0 Å². The van der Waals surface area contributed by atoms with Gasteiger partial charge in [0.2, 0.25) is 0 Å². The van der Waals surface area contributed by atoms with Crippen LogP contribution in [0.4, 0.5) is 11.4 Å². The van der Waals surface area contributed by atoms with Gasteiger partial charge >= 0.3 is 0 Å². The second kappa shape index (κ2) is 7.32. The lowest BCUT2D eigenvalue weighted by molar-refractivity contribution is 0.309. The van der Waals surface area contributed by atoms with Crippen molar-refractivity contribution < 1.29 is 4.74 Å². The smallest absolute Gasteiger partial charge is 0.112 e. The van der Waals surface area contributed by atoms with Gasteiger partial charge in [-0.25, -0.2) is 0 Å². The molecule has 0 aromatic heterocycles. The third kappa shape index (κ3) is 3.67. The fourth-order valence-corrected chi connectivity index (χ4v) is 2.19. The highest BCUT2D eigenvalue weighted by molar-refractivity contribution is 5.78. The minimum atomic E-state index is 0.608. The fraction of sp³-hybridized carbons (Fsp3) is 0.100. The molecule has 0 bridgehead atoms. The van der Waals surface area contributed by atoms with Crippen LogP contribution in [-0.2, 0) is 4.74 Å². The van der Waals surface area contributed by atoms with Crippen molar-refractivity contribution in [3.63, 3.8) is 0 Å². The Morgan fingerprint density at radius 3 is 2.36 bits per heavy atom. The van der Waals surface area contributed by atoms with Crippen molar-refractivity contribution in [3.05, 3.63) is 91.2 Å². The molecule has 0 fully saturated rings. The summed E-state index contributed by atoms with van der Waals surface area (Å²) < 4.78 is 5.12. The second-order valence-corrected chi connectivity index (χ2v) is 4.92. The van der Waals surface area contributed by atoms with Gasteiger partial charge in [0, 0.05) is 18.4 Å². The summed E-state index contributed by atoms with van der Waals surface area (Å²) >= 11 is 0. The standard InChI is InChI=1S/C20H21NO/c1-5-17(14-16(2)22-4)18-10-9-13-20(15-18)21(3)19-11-7-6-8-12-19/h5-15H,1-2H2,3-4H3/b17-14+. The van der Waals surface area contributed by atoms with Crippen LogP contribution < -0.4 is 4.90 Å². The van der Waals surface area contributed by atoms with Gasteiger partial charge < -0.3 is 9.64 Å². The van der Waals surface area contributed by atoms with Gasteiger partial charge in [0.05, 0.1) is 7.11 Å². The molecule has 0 aliphatic rings. The number of hydrogen-bond acceptors (Lipinski definition) is 2. The number of methoxy groups -OCH3 is 1. The number of anilines is 2. The first kappa shape index (κ1) is 15.6. The van der Waals surface area contributed by atoms with Gasteiger partial charge in [0.1, 0.15) is 5.76 Å². The molecule has 0 heterocycles. The minimum Gasteiger partial charge on any atom is -0.497 e. The Morgan fingerprint density at radius 1 is 1.05 bits per heavy atom. The van der Waals surface area contributed by atoms with E-state index in [0.717, 1.165) is 22.5 Å². The number of hydrogen-bond donors (Lipinski definition) is 0. The van der Waals surface area contributed by atoms with Gasteiger partial charge in [-0.15, -0.1) is 0 Å². The minimum absolute atomic E-state index is 0.608. The molecule has 0 aliphatic carbocycles. The SMILES string of the molecule is C=C/C(=C\C(=C)OC)c1cccc(N(C)c2ccccc2)c1. The van der Waals surface area contributed by atoms with E-state index in [-0.39, 0.29) is 0 Å². The number of ether oxygens (including phenoxy) is 1. The second-order valence-electron chi connectivity index (χ2n) is 4.92. The zero-order valence-corrected chi connectivity index (χ0v) is 13.1. The highest BCUT2D eigenvalue weighted by Crippen LogP contribution is 2.27. The first-order chi connectivity index (χ1) is 10.7. The molecule has 0 unspecified atom stereocenters. The zero-order chi connectivity index (χ0) is 15.9. The van der Waals surface area contributed by atoms with Crippen molar-refractivity contribution in [1.29, 1.82) is 0 Å². The fourth-order valence-electron chi connectivity index (χ4n) is 2.19. The van der Waals surface area contributed by atoms with E-state index >= 15 is 0 Å². The summed E-state index contributed by atoms with van der Waals surface area (Å²) in [5, 5.41) is 0. The Labute approximate surface area is 132 Å². The molecule has 112 valence electrons. The van der Waals surface area contributed by atoms with E-state index in [2.05, 4.69) is 55.4 Å². The highest BCUT2D eigenvalue weighted by atomic mass is 16.5. The molecule has 2 rings (SSSR count). The van der Waals surface area contributed by atoms with Gasteiger partial charge in [-0.1, -0.05) is 49.6 Å². The molecule has 0 saturated heterocycles. The lowest BCUT2D eigenvalue weighted by Gasteiger charge is -2.20. The van der Waals surface area contributed by atoms with Crippen molar-refractivity contribution in [3.8, 4) is 0 Å². The molecule has 0 amide bonds. The molecule has 0 radical (unpaired) electrons. The topological polar surface area (TPSA) is 12.5 Å². The lowest BCUT2D eigenvalue weighted by Crippen LogP contribution is -2.09. The summed E-state index contributed by atoms with van der Waals surface area (Å²) in [6.07, 6.45) is 3.69. The van der Waals surface area contributed by atoms with E-state index in [0.29, 0.717) is 5.76 Å². The molecule has 0 atom stereocenters. The average molecular weight is 291 g/mol. The van der Waals surface area contributed by atoms with Crippen LogP contribution in [0.5, 0.6) is 0 Å². The van der Waals surface area contributed by atoms with Gasteiger partial charge in [-0.2, -0.15) is 0 Å². The predicted octanol–water partition coefficient (Wildman–Crippen LogP) is 5.18. The summed E-state index contributed by atoms with van der Waals surface area (Å²) in [6, 6.07) is 18.6. The zero-order valence-electron chi connectivity index (χ0n) is 13.1. The monoisotopic (exact) mass is 291 g/mol. The van der Waals surface area contributed by atoms with Crippen molar-refractivity contribution in [1.82, 2.24) is 0 Å². The molecule has 0 N–H and O–H groups in total. The third-order valence-electron chi connectivity index (χ3n) is 3.51. The first-order valence-corrected chi connectivity index (χ1v) is 7.12. The summed E-state index contributed by atoms with van der Waals surface area (Å²) in [5.41, 5.74) is 4.31. The van der Waals surface area contributed by atoms with Crippen LogP contribution in [0.15, 0.2) is 85.7 Å². The first-order valence-electron chi connectivity index (χ1n) is 7.12. The average Bonchev–Trinajstić information content (AvgIpc) is 2.59. The molecular formula is C20H21NO. The molecule has 0 spiro atoms. The number of nitrogens with zero attached hydrogens (tertiary/aromatic N) is 1. The van der Waals surface area contributed by atoms with Crippen molar-refractivity contribution in [2.24, 2.45) is 0 Å². The Balaban J connectivity index is 2.36. The number of benzene rings is 2. The Kier molecular flexibility index (Phi) is 5.21. The van der Waals surface area contributed by atoms with Gasteiger partial charge in [0.25, 0.3) is 0 Å². The van der Waals surface area contributed by atoms with Crippen LogP contribution in [0.2, 0.25) is 0 Å². The van der Waals surface area contributed by atoms with Crippen LogP contribution in [0.25, 0.3) is 5.57 Å². The number of allylic oxidation sites excluding steroid dienone is 3. The maximum atomic E-state index is 5.12. The van der Waals surface area contributed by atoms with Crippen LogP contribution >= 0.6 is 0 Å². The Hall–Kier alpha value is -2.74. The van der Waals surface area contributed by atoms with E-state index in [1.165, 1.54) is 0 Å². The van der Waals surface area contributed by atoms with Crippen LogP contribution in [0.1, 0.15) is 5.56 Å². The molecule has 2 heteroatoms.